The van der Waals surface area contributed by atoms with Crippen molar-refractivity contribution in [3.63, 3.8) is 0 Å². The molecule has 1 aromatic heterocycles. The van der Waals surface area contributed by atoms with Crippen LogP contribution in [0.1, 0.15) is 26.3 Å². The van der Waals surface area contributed by atoms with E-state index in [1.165, 1.54) is 10.8 Å². The quantitative estimate of drug-likeness (QED) is 0.751. The fraction of sp³-hybridized carbons (Fsp3) is 0.417. The lowest BCUT2D eigenvalue weighted by Crippen LogP contribution is -2.34. The molecular formula is C12H15N3O3. The Morgan fingerprint density at radius 3 is 2.83 bits per heavy atom. The Morgan fingerprint density at radius 1 is 1.67 bits per heavy atom. The Bertz CT molecular complexity index is 528. The van der Waals surface area contributed by atoms with Crippen molar-refractivity contribution in [2.75, 3.05) is 5.32 Å². The van der Waals surface area contributed by atoms with Crippen LogP contribution in [0.3, 0.4) is 0 Å². The summed E-state index contributed by atoms with van der Waals surface area (Å²) in [6.07, 6.45) is 8.05. The number of anilines is 1. The van der Waals surface area contributed by atoms with Crippen molar-refractivity contribution < 1.29 is 9.90 Å². The molecule has 0 aliphatic heterocycles. The molecule has 6 heteroatoms. The molecule has 1 rings (SSSR count). The van der Waals surface area contributed by atoms with E-state index in [1.54, 1.807) is 6.20 Å². The number of terminal acetylenes is 1. The van der Waals surface area contributed by atoms with Crippen molar-refractivity contribution in [1.82, 2.24) is 9.55 Å². The fourth-order valence-electron chi connectivity index (χ4n) is 1.41. The maximum atomic E-state index is 12.0. The fourth-order valence-corrected chi connectivity index (χ4v) is 1.41. The summed E-state index contributed by atoms with van der Waals surface area (Å²) in [6.45, 7) is 3.70. The second-order valence-corrected chi connectivity index (χ2v) is 4.03. The molecule has 0 amide bonds. The molecule has 0 aliphatic rings. The average molecular weight is 249 g/mol. The van der Waals surface area contributed by atoms with Crippen molar-refractivity contribution in [3.8, 4) is 12.3 Å². The highest BCUT2D eigenvalue weighted by Crippen LogP contribution is 2.04. The van der Waals surface area contributed by atoms with Crippen LogP contribution in [-0.4, -0.2) is 26.7 Å². The standard InChI is InChI=1S/C12H15N3O3/c1-4-5-9(12(17)18)14-10-11(16)15(8(2)3)7-6-13-10/h1,6-9H,5H2,2-3H3,(H,13,14)(H,17,18). The Kier molecular flexibility index (Phi) is 4.49. The maximum absolute atomic E-state index is 12.0. The second kappa shape index (κ2) is 5.87. The van der Waals surface area contributed by atoms with Gasteiger partial charge in [-0.15, -0.1) is 12.3 Å². The maximum Gasteiger partial charge on any atom is 0.327 e. The monoisotopic (exact) mass is 249 g/mol. The van der Waals surface area contributed by atoms with Gasteiger partial charge >= 0.3 is 5.97 Å². The van der Waals surface area contributed by atoms with E-state index in [4.69, 9.17) is 11.5 Å². The molecule has 1 unspecified atom stereocenters. The second-order valence-electron chi connectivity index (χ2n) is 4.03. The van der Waals surface area contributed by atoms with Gasteiger partial charge in [-0.25, -0.2) is 9.78 Å². The number of carbonyl (C=O) groups is 1. The predicted molar refractivity (Wildman–Crippen MR) is 67.4 cm³/mol. The average Bonchev–Trinajstić information content (AvgIpc) is 2.30. The Labute approximate surface area is 105 Å². The summed E-state index contributed by atoms with van der Waals surface area (Å²) in [5.74, 6) is 1.12. The van der Waals surface area contributed by atoms with Gasteiger partial charge in [0.05, 0.1) is 0 Å². The van der Waals surface area contributed by atoms with Crippen molar-refractivity contribution >= 4 is 11.8 Å². The molecule has 0 spiro atoms. The summed E-state index contributed by atoms with van der Waals surface area (Å²) in [5.41, 5.74) is -0.365. The van der Waals surface area contributed by atoms with E-state index in [2.05, 4.69) is 16.2 Å². The number of nitrogens with one attached hydrogen (secondary N) is 1. The van der Waals surface area contributed by atoms with Crippen LogP contribution in [0.25, 0.3) is 0 Å². The van der Waals surface area contributed by atoms with Crippen molar-refractivity contribution in [2.24, 2.45) is 0 Å². The van der Waals surface area contributed by atoms with Crippen LogP contribution in [0, 0.1) is 12.3 Å². The Balaban J connectivity index is 3.04. The minimum absolute atomic E-state index is 0.00569. The highest BCUT2D eigenvalue weighted by molar-refractivity contribution is 5.77. The predicted octanol–water partition coefficient (Wildman–Crippen LogP) is 0.713. The van der Waals surface area contributed by atoms with Gasteiger partial charge in [-0.05, 0) is 13.8 Å². The number of aliphatic carboxylic acids is 1. The summed E-state index contributed by atoms with van der Waals surface area (Å²) in [6, 6.07) is -1.05. The third kappa shape index (κ3) is 3.10. The molecule has 0 radical (unpaired) electrons. The van der Waals surface area contributed by atoms with E-state index in [1.807, 2.05) is 13.8 Å². The molecule has 1 heterocycles. The van der Waals surface area contributed by atoms with Gasteiger partial charge in [0.2, 0.25) is 0 Å². The van der Waals surface area contributed by atoms with Crippen LogP contribution in [0.15, 0.2) is 17.2 Å². The van der Waals surface area contributed by atoms with E-state index in [0.29, 0.717) is 0 Å². The molecular weight excluding hydrogens is 234 g/mol. The molecule has 1 atom stereocenters. The largest absolute Gasteiger partial charge is 0.480 e. The first-order valence-electron chi connectivity index (χ1n) is 5.47. The first-order chi connectivity index (χ1) is 8.47. The third-order valence-corrected chi connectivity index (χ3v) is 2.36. The molecule has 0 fully saturated rings. The Morgan fingerprint density at radius 2 is 2.33 bits per heavy atom. The smallest absolute Gasteiger partial charge is 0.327 e. The van der Waals surface area contributed by atoms with Gasteiger partial charge in [0.1, 0.15) is 6.04 Å². The van der Waals surface area contributed by atoms with Crippen LogP contribution in [-0.2, 0) is 4.79 Å². The van der Waals surface area contributed by atoms with E-state index >= 15 is 0 Å². The zero-order valence-corrected chi connectivity index (χ0v) is 10.3. The van der Waals surface area contributed by atoms with Crippen molar-refractivity contribution in [1.29, 1.82) is 0 Å². The molecule has 18 heavy (non-hydrogen) atoms. The van der Waals surface area contributed by atoms with Crippen molar-refractivity contribution in [3.05, 3.63) is 22.7 Å². The lowest BCUT2D eigenvalue weighted by Gasteiger charge is -2.14. The molecule has 0 aromatic carbocycles. The number of nitrogens with zero attached hydrogens (tertiary/aromatic N) is 2. The summed E-state index contributed by atoms with van der Waals surface area (Å²) in [7, 11) is 0. The summed E-state index contributed by atoms with van der Waals surface area (Å²) < 4.78 is 1.46. The third-order valence-electron chi connectivity index (χ3n) is 2.36. The molecule has 2 N–H and O–H groups in total. The number of hydrogen-bond acceptors (Lipinski definition) is 4. The van der Waals surface area contributed by atoms with Gasteiger partial charge in [0.25, 0.3) is 5.56 Å². The zero-order valence-electron chi connectivity index (χ0n) is 10.3. The molecule has 1 aromatic rings. The van der Waals surface area contributed by atoms with E-state index in [-0.39, 0.29) is 23.8 Å². The first-order valence-corrected chi connectivity index (χ1v) is 5.47. The highest BCUT2D eigenvalue weighted by atomic mass is 16.4. The molecule has 96 valence electrons. The van der Waals surface area contributed by atoms with Gasteiger partial charge in [-0.2, -0.15) is 0 Å². The number of carboxylic acids is 1. The molecule has 0 saturated carbocycles. The van der Waals surface area contributed by atoms with Gasteiger partial charge in [-0.3, -0.25) is 4.79 Å². The number of aromatic nitrogens is 2. The van der Waals surface area contributed by atoms with E-state index in [0.717, 1.165) is 0 Å². The van der Waals surface area contributed by atoms with Gasteiger partial charge in [0.15, 0.2) is 5.82 Å². The van der Waals surface area contributed by atoms with Crippen LogP contribution in [0.4, 0.5) is 5.82 Å². The van der Waals surface area contributed by atoms with Crippen LogP contribution >= 0.6 is 0 Å². The van der Waals surface area contributed by atoms with Crippen LogP contribution in [0.5, 0.6) is 0 Å². The number of hydrogen-bond donors (Lipinski definition) is 2. The van der Waals surface area contributed by atoms with E-state index in [9.17, 15) is 9.59 Å². The normalized spacial score (nSPS) is 11.9. The Hall–Kier alpha value is -2.29. The van der Waals surface area contributed by atoms with Gasteiger partial charge < -0.3 is 15.0 Å². The molecule has 0 bridgehead atoms. The highest BCUT2D eigenvalue weighted by Gasteiger charge is 2.18. The molecule has 0 saturated heterocycles. The molecule has 0 aliphatic carbocycles. The van der Waals surface area contributed by atoms with Gasteiger partial charge in [0, 0.05) is 24.9 Å². The molecule has 6 nitrogen and oxygen atoms in total. The lowest BCUT2D eigenvalue weighted by atomic mass is 10.2. The summed E-state index contributed by atoms with van der Waals surface area (Å²) in [4.78, 5) is 26.7. The minimum atomic E-state index is -1.12. The SMILES string of the molecule is C#CCC(Nc1nccn(C(C)C)c1=O)C(=O)O. The zero-order chi connectivity index (χ0) is 13.7. The van der Waals surface area contributed by atoms with Crippen LogP contribution in [0.2, 0.25) is 0 Å². The number of rotatable bonds is 5. The van der Waals surface area contributed by atoms with Crippen molar-refractivity contribution in [2.45, 2.75) is 32.4 Å². The number of carboxylic acid groups (broad SMARTS) is 1. The lowest BCUT2D eigenvalue weighted by molar-refractivity contribution is -0.137. The summed E-state index contributed by atoms with van der Waals surface area (Å²) >= 11 is 0. The summed E-state index contributed by atoms with van der Waals surface area (Å²) in [5, 5.41) is 11.5. The van der Waals surface area contributed by atoms with E-state index < -0.39 is 12.0 Å². The first kappa shape index (κ1) is 13.8. The minimum Gasteiger partial charge on any atom is -0.480 e. The van der Waals surface area contributed by atoms with Gasteiger partial charge in [-0.1, -0.05) is 0 Å². The van der Waals surface area contributed by atoms with Crippen LogP contribution < -0.4 is 10.9 Å². The topological polar surface area (TPSA) is 84.2 Å².